The smallest absolute Gasteiger partial charge is 0.408 e. The lowest BCUT2D eigenvalue weighted by molar-refractivity contribution is -0.141. The summed E-state index contributed by atoms with van der Waals surface area (Å²) < 4.78 is 46.4. The maximum absolute atomic E-state index is 14.5. The summed E-state index contributed by atoms with van der Waals surface area (Å²) in [5.41, 5.74) is 5.91. The van der Waals surface area contributed by atoms with E-state index in [2.05, 4.69) is 22.5 Å². The Morgan fingerprint density at radius 1 is 1.06 bits per heavy atom. The van der Waals surface area contributed by atoms with Crippen molar-refractivity contribution in [2.24, 2.45) is 11.7 Å². The second-order valence-corrected chi connectivity index (χ2v) is 18.5. The number of carbonyl (C=O) groups excluding carboxylic acids is 5. The molecule has 334 valence electrons. The summed E-state index contributed by atoms with van der Waals surface area (Å²) in [5, 5.41) is 8.88. The van der Waals surface area contributed by atoms with Crippen LogP contribution in [0.3, 0.4) is 0 Å². The number of hydrogen-bond acceptors (Lipinski definition) is 13. The number of fused-ring (bicyclic) bond motifs is 1. The average molecular weight is 903 g/mol. The second-order valence-electron chi connectivity index (χ2n) is 16.4. The van der Waals surface area contributed by atoms with Gasteiger partial charge in [0.25, 0.3) is 21.8 Å². The van der Waals surface area contributed by atoms with Crippen molar-refractivity contribution in [1.82, 2.24) is 25.2 Å². The number of Topliss-reactive ketones (excluding diaryl/α,β-unsaturated/α-hetero) is 1. The molecule has 5 atom stereocenters. The first-order valence-corrected chi connectivity index (χ1v) is 22.3. The molecule has 5 N–H and O–H groups in total. The second kappa shape index (κ2) is 19.2. The average Bonchev–Trinajstić information content (AvgIpc) is 3.72. The summed E-state index contributed by atoms with van der Waals surface area (Å²) in [5.74, 6) is -2.55. The molecule has 0 bridgehead atoms. The van der Waals surface area contributed by atoms with Crippen molar-refractivity contribution in [2.45, 2.75) is 80.7 Å². The van der Waals surface area contributed by atoms with Crippen LogP contribution in [0.2, 0.25) is 0 Å². The predicted octanol–water partition coefficient (Wildman–Crippen LogP) is 4.88. The zero-order valence-corrected chi connectivity index (χ0v) is 37.0. The van der Waals surface area contributed by atoms with Crippen molar-refractivity contribution in [1.29, 1.82) is 0 Å². The van der Waals surface area contributed by atoms with Gasteiger partial charge < -0.3 is 35.9 Å². The highest BCUT2D eigenvalue weighted by atomic mass is 35.5. The number of carbonyl (C=O) groups is 5. The monoisotopic (exact) mass is 902 g/mol. The summed E-state index contributed by atoms with van der Waals surface area (Å²) in [6, 6.07) is 18.9. The molecule has 1 saturated heterocycles. The molecule has 0 unspecified atom stereocenters. The number of aromatic nitrogens is 1. The van der Waals surface area contributed by atoms with E-state index in [0.29, 0.717) is 28.1 Å². The number of alkyl carbamates (subject to hydrolysis) is 1. The van der Waals surface area contributed by atoms with Gasteiger partial charge in [-0.1, -0.05) is 36.4 Å². The number of methoxy groups -OCH3 is 1. The van der Waals surface area contributed by atoms with Gasteiger partial charge in [-0.15, -0.1) is 18.2 Å². The van der Waals surface area contributed by atoms with E-state index in [4.69, 9.17) is 36.5 Å². The lowest BCUT2D eigenvalue weighted by atomic mass is 10.0. The van der Waals surface area contributed by atoms with Crippen molar-refractivity contribution in [3.05, 3.63) is 97.1 Å². The van der Waals surface area contributed by atoms with Crippen LogP contribution in [0.5, 0.6) is 11.5 Å². The van der Waals surface area contributed by atoms with Crippen LogP contribution in [0, 0.1) is 5.92 Å². The number of pyridine rings is 1. The number of ether oxygens (including phenoxy) is 3. The summed E-state index contributed by atoms with van der Waals surface area (Å²) >= 11 is 5.65. The molecule has 63 heavy (non-hydrogen) atoms. The maximum atomic E-state index is 14.5. The fraction of sp³-hybridized carbons (Fsp3) is 0.378. The third-order valence-electron chi connectivity index (χ3n) is 10.6. The van der Waals surface area contributed by atoms with Gasteiger partial charge in [0.1, 0.15) is 28.7 Å². The van der Waals surface area contributed by atoms with E-state index in [-0.39, 0.29) is 60.4 Å². The predicted molar refractivity (Wildman–Crippen MR) is 236 cm³/mol. The fourth-order valence-electron chi connectivity index (χ4n) is 7.17. The van der Waals surface area contributed by atoms with Gasteiger partial charge in [0.05, 0.1) is 35.3 Å². The van der Waals surface area contributed by atoms with Crippen LogP contribution >= 0.6 is 11.6 Å². The molecule has 1 aliphatic heterocycles. The van der Waals surface area contributed by atoms with Crippen LogP contribution in [0.15, 0.2) is 96.4 Å². The van der Waals surface area contributed by atoms with Crippen LogP contribution in [0.1, 0.15) is 56.8 Å². The molecule has 0 spiro atoms. The first-order chi connectivity index (χ1) is 29.9. The highest BCUT2D eigenvalue weighted by molar-refractivity contribution is 7.90. The normalized spacial score (nSPS) is 19.9. The summed E-state index contributed by atoms with van der Waals surface area (Å²) in [7, 11) is -3.38. The number of imide groups is 1. The Morgan fingerprint density at radius 2 is 1.78 bits per heavy atom. The van der Waals surface area contributed by atoms with Crippen LogP contribution < -0.4 is 31.2 Å². The van der Waals surface area contributed by atoms with E-state index >= 15 is 0 Å². The topological polar surface area (TPSA) is 225 Å². The molecule has 1 aliphatic carbocycles. The van der Waals surface area contributed by atoms with Gasteiger partial charge in [0.15, 0.2) is 5.78 Å². The third kappa shape index (κ3) is 10.8. The lowest BCUT2D eigenvalue weighted by Gasteiger charge is -2.26. The molecule has 1 saturated carbocycles. The zero-order valence-electron chi connectivity index (χ0n) is 35.4. The number of benzene rings is 3. The summed E-state index contributed by atoms with van der Waals surface area (Å²) in [6.07, 6.45) is 0.0108. The lowest BCUT2D eigenvalue weighted by Crippen LogP contribution is -2.56. The van der Waals surface area contributed by atoms with Crippen molar-refractivity contribution >= 4 is 62.1 Å². The minimum absolute atomic E-state index is 0.00428. The fourth-order valence-corrected chi connectivity index (χ4v) is 8.78. The minimum Gasteiger partial charge on any atom is -0.497 e. The largest absolute Gasteiger partial charge is 0.497 e. The third-order valence-corrected chi connectivity index (χ3v) is 12.5. The van der Waals surface area contributed by atoms with Crippen LogP contribution in [-0.4, -0.2) is 103 Å². The molecular formula is C45H51ClN6O10S. The number of sulfonamides is 1. The van der Waals surface area contributed by atoms with Gasteiger partial charge in [-0.05, 0) is 70.0 Å². The molecular weight excluding hydrogens is 852 g/mol. The van der Waals surface area contributed by atoms with Crippen molar-refractivity contribution < 1.29 is 46.6 Å². The van der Waals surface area contributed by atoms with Crippen molar-refractivity contribution in [3.63, 3.8) is 0 Å². The van der Waals surface area contributed by atoms with Crippen LogP contribution in [-0.2, 0) is 29.1 Å². The first kappa shape index (κ1) is 46.6. The van der Waals surface area contributed by atoms with Crippen molar-refractivity contribution in [3.8, 4) is 22.8 Å². The number of alkyl halides is 1. The number of nitrogens with one attached hydrogen (secondary N) is 3. The van der Waals surface area contributed by atoms with E-state index in [1.165, 1.54) is 18.2 Å². The Hall–Kier alpha value is -5.88. The van der Waals surface area contributed by atoms with Crippen molar-refractivity contribution in [2.75, 3.05) is 26.1 Å². The molecule has 1 aromatic heterocycles. The number of halogens is 1. The number of nitrogens with two attached hydrogens (primary N) is 1. The molecule has 4 aromatic rings. The Kier molecular flexibility index (Phi) is 14.2. The summed E-state index contributed by atoms with van der Waals surface area (Å²) in [4.78, 5) is 71.4. The van der Waals surface area contributed by atoms with Gasteiger partial charge in [-0.2, -0.15) is 4.31 Å². The molecule has 2 aliphatic rings. The summed E-state index contributed by atoms with van der Waals surface area (Å²) in [6.45, 7) is 8.80. The Balaban J connectivity index is 1.24. The number of nitrogens with zero attached hydrogens (tertiary/aromatic N) is 2. The van der Waals surface area contributed by atoms with Crippen LogP contribution in [0.25, 0.3) is 22.2 Å². The van der Waals surface area contributed by atoms with E-state index in [1.54, 1.807) is 46.1 Å². The molecule has 4 amide bonds. The van der Waals surface area contributed by atoms with Gasteiger partial charge >= 0.3 is 6.09 Å². The van der Waals surface area contributed by atoms with Crippen LogP contribution in [0.4, 0.5) is 4.79 Å². The Labute approximate surface area is 370 Å². The quantitative estimate of drug-likeness (QED) is 0.0481. The molecule has 0 radical (unpaired) electrons. The SMILES string of the molecule is C=C[C@@H]1C[C@]1(N)C(=O)N(C(=O)[C@@H]1C[C@@H](Oc2cc(-c3ccccc3)nc3cc(OC)ccc23)CN1)S(=O)(=O)c1ccc(C(=O)[C@@H](CCNC(=O)CCCl)NC(=O)OC(C)(C)C)cc1. The van der Waals surface area contributed by atoms with Gasteiger partial charge in [0, 0.05) is 66.4 Å². The molecule has 6 rings (SSSR count). The maximum Gasteiger partial charge on any atom is 0.408 e. The van der Waals surface area contributed by atoms with E-state index in [1.807, 2.05) is 36.4 Å². The number of amides is 4. The molecule has 16 nitrogen and oxygen atoms in total. The highest BCUT2D eigenvalue weighted by Gasteiger charge is 2.60. The standard InChI is InChI=1S/C45H51ClN6O10S/c1-6-29-25-45(29,47)42(56)52(63(58,59)32-15-12-28(13-16-32)40(54)34(19-21-48-39(53)18-20-46)51-43(57)62-44(2,3)4)41(55)37-23-31(26-49-37)61-38-24-35(27-10-8-7-9-11-27)50-36-22-30(60-5)14-17-33(36)38/h6-17,22,24,29,31,34,37,49H,1,18-21,23,25-26,47H2,2-5H3,(H,48,53)(H,51,57)/t29-,31-,34-,37+,45-/m1/s1. The first-order valence-electron chi connectivity index (χ1n) is 20.3. The number of rotatable bonds is 17. The highest BCUT2D eigenvalue weighted by Crippen LogP contribution is 2.44. The molecule has 18 heteroatoms. The van der Waals surface area contributed by atoms with Gasteiger partial charge in [-0.25, -0.2) is 18.2 Å². The number of hydrogen-bond donors (Lipinski definition) is 4. The van der Waals surface area contributed by atoms with Gasteiger partial charge in [0.2, 0.25) is 5.91 Å². The van der Waals surface area contributed by atoms with Gasteiger partial charge in [-0.3, -0.25) is 19.2 Å². The zero-order chi connectivity index (χ0) is 45.7. The minimum atomic E-state index is -4.93. The van der Waals surface area contributed by atoms with E-state index in [0.717, 1.165) is 17.7 Å². The number of ketones is 1. The van der Waals surface area contributed by atoms with E-state index in [9.17, 15) is 32.4 Å². The Bertz CT molecular complexity index is 2500. The Morgan fingerprint density at radius 3 is 2.41 bits per heavy atom. The van der Waals surface area contributed by atoms with E-state index < -0.39 is 73.9 Å². The molecule has 2 heterocycles. The molecule has 2 fully saturated rings. The molecule has 3 aromatic carbocycles.